The van der Waals surface area contributed by atoms with Crippen molar-refractivity contribution >= 4 is 11.7 Å². The number of anilines is 1. The summed E-state index contributed by atoms with van der Waals surface area (Å²) in [7, 11) is 4.32. The van der Waals surface area contributed by atoms with Crippen LogP contribution in [0.1, 0.15) is 65.2 Å². The van der Waals surface area contributed by atoms with Gasteiger partial charge in [0.15, 0.2) is 0 Å². The van der Waals surface area contributed by atoms with Gasteiger partial charge in [-0.3, -0.25) is 9.69 Å². The molecule has 3 aromatic rings. The third-order valence-corrected chi connectivity index (χ3v) is 8.86. The van der Waals surface area contributed by atoms with Crippen LogP contribution < -0.4 is 11.1 Å². The molecule has 3 N–H and O–H groups in total. The molecule has 1 saturated carbocycles. The molecule has 1 aliphatic carbocycles. The molecule has 3 atom stereocenters. The van der Waals surface area contributed by atoms with Gasteiger partial charge < -0.3 is 20.7 Å². The van der Waals surface area contributed by atoms with Crippen molar-refractivity contribution in [2.75, 3.05) is 32.9 Å². The quantitative estimate of drug-likeness (QED) is 0.358. The Morgan fingerprint density at radius 3 is 2.59 bits per heavy atom. The van der Waals surface area contributed by atoms with E-state index in [-0.39, 0.29) is 23.9 Å². The third kappa shape index (κ3) is 7.15. The Hall–Kier alpha value is -3.26. The number of nitrogens with one attached hydrogen (secondary N) is 1. The van der Waals surface area contributed by atoms with Crippen molar-refractivity contribution in [3.8, 4) is 11.1 Å². The van der Waals surface area contributed by atoms with Crippen molar-refractivity contribution in [1.82, 2.24) is 20.1 Å². The van der Waals surface area contributed by atoms with E-state index in [1.165, 1.54) is 28.7 Å². The molecule has 1 amide bonds. The lowest BCUT2D eigenvalue weighted by Gasteiger charge is -2.22. The van der Waals surface area contributed by atoms with Gasteiger partial charge in [-0.2, -0.15) is 0 Å². The summed E-state index contributed by atoms with van der Waals surface area (Å²) in [5.41, 5.74) is 13.6. The summed E-state index contributed by atoms with van der Waals surface area (Å²) in [6, 6.07) is 17.5. The number of aromatic nitrogens is 1. The van der Waals surface area contributed by atoms with Gasteiger partial charge in [0.05, 0.1) is 24.3 Å². The summed E-state index contributed by atoms with van der Waals surface area (Å²) < 4.78 is 6.31. The second-order valence-corrected chi connectivity index (χ2v) is 12.0. The van der Waals surface area contributed by atoms with Crippen LogP contribution in [0.25, 0.3) is 11.1 Å². The minimum Gasteiger partial charge on any atom is -0.383 e. The molecule has 0 radical (unpaired) electrons. The zero-order chi connectivity index (χ0) is 28.9. The van der Waals surface area contributed by atoms with Gasteiger partial charge in [0, 0.05) is 37.4 Å². The standard InChI is InChI=1S/C34H45N5O2/c1-5-26-17-25(10-9-23(26)2)22-41-32-8-6-7-31(32)37-34(40)30-18-28(19-36-33(30)35)27-13-11-24(12-14-27)20-39-16-15-29(21-39)38(3)4/h9-14,17-19,29,31-32H,5-8,15-16,20-22H2,1-4H3,(H2,35,36)(H,37,40)/t29?,31-,32-/m0/s1. The van der Waals surface area contributed by atoms with E-state index in [0.29, 0.717) is 18.2 Å². The number of aryl methyl sites for hydroxylation is 2. The number of benzene rings is 2. The van der Waals surface area contributed by atoms with Crippen LogP contribution in [0.5, 0.6) is 0 Å². The zero-order valence-electron chi connectivity index (χ0n) is 25.0. The van der Waals surface area contributed by atoms with E-state index in [1.54, 1.807) is 6.20 Å². The molecule has 2 fully saturated rings. The Morgan fingerprint density at radius 1 is 1.07 bits per heavy atom. The number of carbonyl (C=O) groups excluding carboxylic acids is 1. The van der Waals surface area contributed by atoms with Crippen molar-refractivity contribution in [3.05, 3.63) is 82.5 Å². The second kappa shape index (κ2) is 13.1. The zero-order valence-corrected chi connectivity index (χ0v) is 25.0. The molecule has 218 valence electrons. The minimum atomic E-state index is -0.193. The molecule has 7 nitrogen and oxygen atoms in total. The van der Waals surface area contributed by atoms with E-state index >= 15 is 0 Å². The minimum absolute atomic E-state index is 0.0150. The number of nitrogens with zero attached hydrogens (tertiary/aromatic N) is 3. The highest BCUT2D eigenvalue weighted by Crippen LogP contribution is 2.27. The summed E-state index contributed by atoms with van der Waals surface area (Å²) >= 11 is 0. The summed E-state index contributed by atoms with van der Waals surface area (Å²) in [6.45, 7) is 8.06. The number of nitrogen functional groups attached to an aromatic ring is 1. The van der Waals surface area contributed by atoms with Gasteiger partial charge in [-0.15, -0.1) is 0 Å². The summed E-state index contributed by atoms with van der Waals surface area (Å²) in [5.74, 6) is 0.0524. The summed E-state index contributed by atoms with van der Waals surface area (Å²) in [6.07, 6.45) is 6.81. The van der Waals surface area contributed by atoms with Gasteiger partial charge in [-0.05, 0) is 87.0 Å². The number of hydrogen-bond donors (Lipinski definition) is 2. The van der Waals surface area contributed by atoms with E-state index in [9.17, 15) is 4.79 Å². The molecule has 0 bridgehead atoms. The predicted octanol–water partition coefficient (Wildman–Crippen LogP) is 5.21. The molecular formula is C34H45N5O2. The molecule has 1 aliphatic heterocycles. The van der Waals surface area contributed by atoms with Crippen LogP contribution >= 0.6 is 0 Å². The number of likely N-dealkylation sites (tertiary alicyclic amines) is 1. The van der Waals surface area contributed by atoms with E-state index in [2.05, 4.69) is 90.5 Å². The first-order valence-electron chi connectivity index (χ1n) is 15.0. The highest BCUT2D eigenvalue weighted by atomic mass is 16.5. The monoisotopic (exact) mass is 555 g/mol. The molecule has 5 rings (SSSR count). The molecule has 1 saturated heterocycles. The lowest BCUT2D eigenvalue weighted by atomic mass is 10.0. The largest absolute Gasteiger partial charge is 0.383 e. The highest BCUT2D eigenvalue weighted by Gasteiger charge is 2.30. The van der Waals surface area contributed by atoms with E-state index in [1.807, 2.05) is 6.07 Å². The number of amides is 1. The van der Waals surface area contributed by atoms with Crippen LogP contribution in [0.3, 0.4) is 0 Å². The van der Waals surface area contributed by atoms with Gasteiger partial charge in [0.25, 0.3) is 5.91 Å². The molecule has 2 heterocycles. The van der Waals surface area contributed by atoms with E-state index in [4.69, 9.17) is 10.5 Å². The molecule has 2 aliphatic rings. The Bertz CT molecular complexity index is 1340. The van der Waals surface area contributed by atoms with Crippen LogP contribution in [-0.2, 0) is 24.3 Å². The number of ether oxygens (including phenoxy) is 1. The Labute approximate surface area is 245 Å². The maximum absolute atomic E-state index is 13.4. The van der Waals surface area contributed by atoms with Gasteiger partial charge in [-0.25, -0.2) is 4.98 Å². The Balaban J connectivity index is 1.20. The lowest BCUT2D eigenvalue weighted by Crippen LogP contribution is -2.41. The van der Waals surface area contributed by atoms with Crippen molar-refractivity contribution in [2.45, 2.75) is 77.3 Å². The molecular weight excluding hydrogens is 510 g/mol. The fourth-order valence-corrected chi connectivity index (χ4v) is 6.19. The van der Waals surface area contributed by atoms with Gasteiger partial charge >= 0.3 is 0 Å². The predicted molar refractivity (Wildman–Crippen MR) is 166 cm³/mol. The van der Waals surface area contributed by atoms with Crippen molar-refractivity contribution in [1.29, 1.82) is 0 Å². The lowest BCUT2D eigenvalue weighted by molar-refractivity contribution is 0.0272. The van der Waals surface area contributed by atoms with Crippen LogP contribution in [0.2, 0.25) is 0 Å². The Morgan fingerprint density at radius 2 is 1.85 bits per heavy atom. The number of pyridine rings is 1. The normalized spacial score (nSPS) is 21.0. The SMILES string of the molecule is CCc1cc(CO[C@H]2CCC[C@@H]2NC(=O)c2cc(-c3ccc(CN4CCC(N(C)C)C4)cc3)cnc2N)ccc1C. The van der Waals surface area contributed by atoms with Gasteiger partial charge in [-0.1, -0.05) is 49.4 Å². The van der Waals surface area contributed by atoms with E-state index in [0.717, 1.165) is 56.4 Å². The van der Waals surface area contributed by atoms with Crippen LogP contribution in [0.15, 0.2) is 54.7 Å². The van der Waals surface area contributed by atoms with Crippen LogP contribution in [0.4, 0.5) is 5.82 Å². The first-order valence-corrected chi connectivity index (χ1v) is 15.0. The Kier molecular flexibility index (Phi) is 9.38. The first kappa shape index (κ1) is 29.2. The van der Waals surface area contributed by atoms with Gasteiger partial charge in [0.1, 0.15) is 5.82 Å². The summed E-state index contributed by atoms with van der Waals surface area (Å²) in [4.78, 5) is 22.6. The third-order valence-electron chi connectivity index (χ3n) is 8.86. The first-order chi connectivity index (χ1) is 19.8. The fourth-order valence-electron chi connectivity index (χ4n) is 6.19. The topological polar surface area (TPSA) is 83.7 Å². The maximum Gasteiger partial charge on any atom is 0.255 e. The number of carbonyl (C=O) groups is 1. The molecule has 1 aromatic heterocycles. The molecule has 2 aromatic carbocycles. The fraction of sp³-hybridized carbons (Fsp3) is 0.471. The second-order valence-electron chi connectivity index (χ2n) is 12.0. The maximum atomic E-state index is 13.4. The van der Waals surface area contributed by atoms with Crippen LogP contribution in [0, 0.1) is 6.92 Å². The van der Waals surface area contributed by atoms with Crippen molar-refractivity contribution < 1.29 is 9.53 Å². The number of hydrogen-bond acceptors (Lipinski definition) is 6. The summed E-state index contributed by atoms with van der Waals surface area (Å²) in [5, 5.41) is 3.20. The van der Waals surface area contributed by atoms with Crippen molar-refractivity contribution in [3.63, 3.8) is 0 Å². The van der Waals surface area contributed by atoms with Gasteiger partial charge in [0.2, 0.25) is 0 Å². The molecule has 0 spiro atoms. The molecule has 41 heavy (non-hydrogen) atoms. The average Bonchev–Trinajstić information content (AvgIpc) is 3.63. The number of likely N-dealkylation sites (N-methyl/N-ethyl adjacent to an activating group) is 1. The van der Waals surface area contributed by atoms with Crippen LogP contribution in [-0.4, -0.2) is 66.1 Å². The number of nitrogens with two attached hydrogens (primary N) is 1. The van der Waals surface area contributed by atoms with E-state index < -0.39 is 0 Å². The molecule has 1 unspecified atom stereocenters. The van der Waals surface area contributed by atoms with Crippen molar-refractivity contribution in [2.24, 2.45) is 0 Å². The molecule has 7 heteroatoms. The smallest absolute Gasteiger partial charge is 0.255 e. The average molecular weight is 556 g/mol. The number of rotatable bonds is 10. The highest BCUT2D eigenvalue weighted by molar-refractivity contribution is 5.99.